The zero-order chi connectivity index (χ0) is 12.2. The molecule has 0 amide bonds. The summed E-state index contributed by atoms with van der Waals surface area (Å²) in [4.78, 5) is 4.34. The van der Waals surface area contributed by atoms with Gasteiger partial charge in [0.1, 0.15) is 5.75 Å². The number of hydrogen-bond donors (Lipinski definition) is 1. The van der Waals surface area contributed by atoms with Gasteiger partial charge in [0.15, 0.2) is 6.61 Å². The summed E-state index contributed by atoms with van der Waals surface area (Å²) in [5.41, 5.74) is 0. The van der Waals surface area contributed by atoms with E-state index >= 15 is 0 Å². The van der Waals surface area contributed by atoms with Crippen molar-refractivity contribution in [1.82, 2.24) is 15.5 Å². The average Bonchev–Trinajstić information content (AvgIpc) is 3.08. The highest BCUT2D eigenvalue weighted by Gasteiger charge is 2.22. The minimum atomic E-state index is 0. The van der Waals surface area contributed by atoms with Crippen molar-refractivity contribution in [2.24, 2.45) is 0 Å². The Morgan fingerprint density at radius 1 is 1.32 bits per heavy atom. The molecule has 1 atom stereocenters. The molecule has 0 aliphatic carbocycles. The molecule has 0 spiro atoms. The number of nitrogens with zero attached hydrogens (tertiary/aromatic N) is 2. The minimum absolute atomic E-state index is 0. The van der Waals surface area contributed by atoms with Gasteiger partial charge in [-0.05, 0) is 31.5 Å². The van der Waals surface area contributed by atoms with Gasteiger partial charge in [-0.25, -0.2) is 0 Å². The molecule has 0 bridgehead atoms. The van der Waals surface area contributed by atoms with E-state index in [-0.39, 0.29) is 18.4 Å². The van der Waals surface area contributed by atoms with Crippen molar-refractivity contribution in [3.05, 3.63) is 42.0 Å². The lowest BCUT2D eigenvalue weighted by molar-refractivity contribution is 0.283. The molecule has 1 fully saturated rings. The highest BCUT2D eigenvalue weighted by molar-refractivity contribution is 5.85. The predicted octanol–water partition coefficient (Wildman–Crippen LogP) is 2.49. The molecule has 1 aromatic carbocycles. The van der Waals surface area contributed by atoms with Gasteiger partial charge in [0.05, 0.1) is 6.04 Å². The Kier molecular flexibility index (Phi) is 4.76. The Hall–Kier alpha value is -1.59. The van der Waals surface area contributed by atoms with E-state index < -0.39 is 0 Å². The van der Waals surface area contributed by atoms with Crippen LogP contribution in [0.1, 0.15) is 30.6 Å². The quantitative estimate of drug-likeness (QED) is 0.933. The molecule has 2 heterocycles. The molecule has 1 saturated heterocycles. The molecular formula is C13H16ClN3O2. The van der Waals surface area contributed by atoms with E-state index in [1.54, 1.807) is 0 Å². The van der Waals surface area contributed by atoms with Crippen LogP contribution in [-0.4, -0.2) is 16.7 Å². The van der Waals surface area contributed by atoms with Crippen LogP contribution in [-0.2, 0) is 6.61 Å². The van der Waals surface area contributed by atoms with Gasteiger partial charge in [0, 0.05) is 0 Å². The van der Waals surface area contributed by atoms with Crippen LogP contribution in [0.4, 0.5) is 0 Å². The lowest BCUT2D eigenvalue weighted by Crippen LogP contribution is -2.13. The molecule has 2 aromatic rings. The number of para-hydroxylation sites is 1. The summed E-state index contributed by atoms with van der Waals surface area (Å²) in [6.07, 6.45) is 2.21. The van der Waals surface area contributed by atoms with E-state index in [0.29, 0.717) is 18.3 Å². The molecule has 0 radical (unpaired) electrons. The van der Waals surface area contributed by atoms with E-state index in [4.69, 9.17) is 9.26 Å². The van der Waals surface area contributed by atoms with Crippen molar-refractivity contribution in [3.8, 4) is 5.75 Å². The monoisotopic (exact) mass is 281 g/mol. The number of ether oxygens (including phenoxy) is 1. The topological polar surface area (TPSA) is 60.2 Å². The van der Waals surface area contributed by atoms with Crippen LogP contribution in [0.25, 0.3) is 0 Å². The molecule has 1 unspecified atom stereocenters. The first kappa shape index (κ1) is 13.8. The van der Waals surface area contributed by atoms with E-state index in [2.05, 4.69) is 15.5 Å². The van der Waals surface area contributed by atoms with Gasteiger partial charge in [-0.1, -0.05) is 23.4 Å². The minimum Gasteiger partial charge on any atom is -0.485 e. The van der Waals surface area contributed by atoms with E-state index in [0.717, 1.165) is 25.1 Å². The van der Waals surface area contributed by atoms with Crippen molar-refractivity contribution in [2.75, 3.05) is 6.54 Å². The van der Waals surface area contributed by atoms with Crippen molar-refractivity contribution in [2.45, 2.75) is 25.5 Å². The maximum atomic E-state index is 5.56. The number of aromatic nitrogens is 2. The summed E-state index contributed by atoms with van der Waals surface area (Å²) in [6, 6.07) is 9.83. The Bertz CT molecular complexity index is 498. The molecule has 0 saturated carbocycles. The largest absolute Gasteiger partial charge is 0.485 e. The van der Waals surface area contributed by atoms with Crippen LogP contribution < -0.4 is 10.1 Å². The van der Waals surface area contributed by atoms with Crippen LogP contribution in [0, 0.1) is 0 Å². The third-order valence-electron chi connectivity index (χ3n) is 2.95. The van der Waals surface area contributed by atoms with E-state index in [9.17, 15) is 0 Å². The van der Waals surface area contributed by atoms with Gasteiger partial charge in [-0.3, -0.25) is 0 Å². The van der Waals surface area contributed by atoms with E-state index in [1.807, 2.05) is 30.3 Å². The number of rotatable bonds is 4. The van der Waals surface area contributed by atoms with Gasteiger partial charge in [-0.2, -0.15) is 4.98 Å². The highest BCUT2D eigenvalue weighted by Crippen LogP contribution is 2.21. The van der Waals surface area contributed by atoms with Gasteiger partial charge in [0.25, 0.3) is 0 Å². The zero-order valence-electron chi connectivity index (χ0n) is 10.4. The van der Waals surface area contributed by atoms with Crippen molar-refractivity contribution in [1.29, 1.82) is 0 Å². The van der Waals surface area contributed by atoms with Crippen molar-refractivity contribution >= 4 is 12.4 Å². The van der Waals surface area contributed by atoms with Gasteiger partial charge < -0.3 is 14.6 Å². The van der Waals surface area contributed by atoms with Crippen molar-refractivity contribution < 1.29 is 9.26 Å². The summed E-state index contributed by atoms with van der Waals surface area (Å²) in [5.74, 6) is 2.06. The fourth-order valence-electron chi connectivity index (χ4n) is 2.03. The molecule has 1 aliphatic heterocycles. The van der Waals surface area contributed by atoms with E-state index in [1.165, 1.54) is 0 Å². The molecule has 19 heavy (non-hydrogen) atoms. The standard InChI is InChI=1S/C13H15N3O2.ClH/c1-2-5-10(6-3-1)17-9-12-15-13(18-16-12)11-7-4-8-14-11;/h1-3,5-6,11,14H,4,7-9H2;1H. The SMILES string of the molecule is Cl.c1ccc(OCc2noc(C3CCCN3)n2)cc1. The number of benzene rings is 1. The molecule has 6 heteroatoms. The Labute approximate surface area is 117 Å². The molecule has 5 nitrogen and oxygen atoms in total. The first-order valence-corrected chi connectivity index (χ1v) is 6.15. The Morgan fingerprint density at radius 3 is 2.89 bits per heavy atom. The van der Waals surface area contributed by atoms with Gasteiger partial charge in [0.2, 0.25) is 11.7 Å². The number of hydrogen-bond acceptors (Lipinski definition) is 5. The molecule has 102 valence electrons. The highest BCUT2D eigenvalue weighted by atomic mass is 35.5. The zero-order valence-corrected chi connectivity index (χ0v) is 11.2. The smallest absolute Gasteiger partial charge is 0.243 e. The molecule has 1 aliphatic rings. The van der Waals surface area contributed by atoms with Crippen molar-refractivity contribution in [3.63, 3.8) is 0 Å². The second-order valence-corrected chi connectivity index (χ2v) is 4.30. The third-order valence-corrected chi connectivity index (χ3v) is 2.95. The fraction of sp³-hybridized carbons (Fsp3) is 0.385. The van der Waals surface area contributed by atoms with Crippen LogP contribution >= 0.6 is 12.4 Å². The lowest BCUT2D eigenvalue weighted by Gasteiger charge is -2.02. The van der Waals surface area contributed by atoms with Crippen LogP contribution in [0.3, 0.4) is 0 Å². The first-order valence-electron chi connectivity index (χ1n) is 6.15. The van der Waals surface area contributed by atoms with Crippen LogP contribution in [0.15, 0.2) is 34.9 Å². The van der Waals surface area contributed by atoms with Gasteiger partial charge in [-0.15, -0.1) is 12.4 Å². The summed E-state index contributed by atoms with van der Waals surface area (Å²) >= 11 is 0. The lowest BCUT2D eigenvalue weighted by atomic mass is 10.2. The second-order valence-electron chi connectivity index (χ2n) is 4.30. The van der Waals surface area contributed by atoms with Crippen LogP contribution in [0.5, 0.6) is 5.75 Å². The molecular weight excluding hydrogens is 266 g/mol. The summed E-state index contributed by atoms with van der Waals surface area (Å²) in [7, 11) is 0. The molecule has 1 aromatic heterocycles. The summed E-state index contributed by atoms with van der Waals surface area (Å²) in [5, 5.41) is 7.25. The molecule has 3 rings (SSSR count). The number of nitrogens with one attached hydrogen (secondary N) is 1. The third kappa shape index (κ3) is 3.45. The molecule has 1 N–H and O–H groups in total. The number of halogens is 1. The normalized spacial score (nSPS) is 18.0. The fourth-order valence-corrected chi connectivity index (χ4v) is 2.03. The Balaban J connectivity index is 0.00000133. The summed E-state index contributed by atoms with van der Waals surface area (Å²) < 4.78 is 10.8. The Morgan fingerprint density at radius 2 is 2.16 bits per heavy atom. The first-order chi connectivity index (χ1) is 8.92. The van der Waals surface area contributed by atoms with Gasteiger partial charge >= 0.3 is 0 Å². The average molecular weight is 282 g/mol. The summed E-state index contributed by atoms with van der Waals surface area (Å²) in [6.45, 7) is 1.35. The maximum absolute atomic E-state index is 5.56. The maximum Gasteiger partial charge on any atom is 0.243 e. The second kappa shape index (κ2) is 6.54. The predicted molar refractivity (Wildman–Crippen MR) is 72.3 cm³/mol. The van der Waals surface area contributed by atoms with Crippen LogP contribution in [0.2, 0.25) is 0 Å².